The van der Waals surface area contributed by atoms with Gasteiger partial charge in [0.2, 0.25) is 0 Å². The Balaban J connectivity index is 1.85. The molecular formula is C25H22ClN3O6S. The molecule has 4 rings (SSSR count). The molecule has 11 heteroatoms. The van der Waals surface area contributed by atoms with Gasteiger partial charge in [-0.2, -0.15) is 0 Å². The number of allylic oxidation sites excluding steroid dienone is 1. The molecule has 0 amide bonds. The van der Waals surface area contributed by atoms with E-state index in [-0.39, 0.29) is 23.3 Å². The lowest BCUT2D eigenvalue weighted by Crippen LogP contribution is -2.40. The van der Waals surface area contributed by atoms with Crippen LogP contribution in [-0.4, -0.2) is 35.3 Å². The summed E-state index contributed by atoms with van der Waals surface area (Å²) in [6.45, 7) is 3.59. The highest BCUT2D eigenvalue weighted by Crippen LogP contribution is 2.31. The first-order valence-corrected chi connectivity index (χ1v) is 12.1. The number of carboxylic acids is 1. The fourth-order valence-electron chi connectivity index (χ4n) is 3.81. The molecule has 2 N–H and O–H groups in total. The summed E-state index contributed by atoms with van der Waals surface area (Å²) >= 11 is 7.33. The molecule has 0 aliphatic carbocycles. The Bertz CT molecular complexity index is 1560. The second-order valence-electron chi connectivity index (χ2n) is 7.72. The number of hydrogen-bond acceptors (Lipinski definition) is 8. The standard InChI is InChI=1S/C25H22ClN3O6S/c1-4-35-24(33)20-13(2)28-25-29(21(20)14-5-8-16(34-3)9-6-14)22(30)19(36-25)12-27-18-11-15(23(31)32)7-10-17(18)26/h5-12,21,27H,4H2,1-3H3,(H,31,32)/b19-12-/t21-/m0/s1. The number of aromatic carboxylic acids is 1. The largest absolute Gasteiger partial charge is 0.497 e. The summed E-state index contributed by atoms with van der Waals surface area (Å²) in [7, 11) is 1.55. The number of hydrogen-bond donors (Lipinski definition) is 2. The van der Waals surface area contributed by atoms with Crippen LogP contribution in [0.15, 0.2) is 63.5 Å². The molecule has 1 aliphatic heterocycles. The molecule has 0 fully saturated rings. The number of anilines is 1. The molecule has 2 heterocycles. The second-order valence-corrected chi connectivity index (χ2v) is 9.14. The zero-order chi connectivity index (χ0) is 26.0. The summed E-state index contributed by atoms with van der Waals surface area (Å²) in [5, 5.41) is 12.5. The molecule has 0 unspecified atom stereocenters. The van der Waals surface area contributed by atoms with Crippen LogP contribution in [0.25, 0.3) is 6.20 Å². The number of nitrogens with zero attached hydrogens (tertiary/aromatic N) is 2. The number of carbonyl (C=O) groups is 2. The molecule has 186 valence electrons. The van der Waals surface area contributed by atoms with Crippen molar-refractivity contribution in [1.82, 2.24) is 4.57 Å². The molecular weight excluding hydrogens is 506 g/mol. The van der Waals surface area contributed by atoms with E-state index < -0.39 is 18.0 Å². The molecule has 0 saturated carbocycles. The van der Waals surface area contributed by atoms with Gasteiger partial charge in [0.05, 0.1) is 47.3 Å². The molecule has 0 bridgehead atoms. The third-order valence-electron chi connectivity index (χ3n) is 5.52. The maximum absolute atomic E-state index is 13.6. The first kappa shape index (κ1) is 25.2. The summed E-state index contributed by atoms with van der Waals surface area (Å²) in [6.07, 6.45) is 1.45. The third-order valence-corrected chi connectivity index (χ3v) is 6.83. The number of fused-ring (bicyclic) bond motifs is 1. The highest BCUT2D eigenvalue weighted by molar-refractivity contribution is 7.07. The highest BCUT2D eigenvalue weighted by atomic mass is 35.5. The first-order chi connectivity index (χ1) is 17.2. The average Bonchev–Trinajstić information content (AvgIpc) is 3.17. The lowest BCUT2D eigenvalue weighted by molar-refractivity contribution is -0.139. The van der Waals surface area contributed by atoms with Crippen LogP contribution in [0.3, 0.4) is 0 Å². The summed E-state index contributed by atoms with van der Waals surface area (Å²) in [5.74, 6) is -1.02. The van der Waals surface area contributed by atoms with Gasteiger partial charge in [-0.3, -0.25) is 9.36 Å². The number of nitrogens with one attached hydrogen (secondary N) is 1. The van der Waals surface area contributed by atoms with E-state index in [1.165, 1.54) is 29.0 Å². The van der Waals surface area contributed by atoms with Crippen molar-refractivity contribution < 1.29 is 24.2 Å². The predicted molar refractivity (Wildman–Crippen MR) is 136 cm³/mol. The van der Waals surface area contributed by atoms with Gasteiger partial charge in [-0.15, -0.1) is 0 Å². The molecule has 0 saturated heterocycles. The number of thiazole rings is 1. The SMILES string of the molecule is CCOC(=O)C1=C(C)N=c2s/c(=C\Nc3cc(C(=O)O)ccc3Cl)c(=O)n2[C@H]1c1ccc(OC)cc1. The number of rotatable bonds is 7. The number of benzene rings is 2. The van der Waals surface area contributed by atoms with Crippen molar-refractivity contribution in [3.8, 4) is 5.75 Å². The number of halogens is 1. The van der Waals surface area contributed by atoms with E-state index in [1.54, 1.807) is 45.2 Å². The monoisotopic (exact) mass is 527 g/mol. The maximum Gasteiger partial charge on any atom is 0.338 e. The van der Waals surface area contributed by atoms with Gasteiger partial charge >= 0.3 is 11.9 Å². The van der Waals surface area contributed by atoms with E-state index in [0.717, 1.165) is 11.3 Å². The van der Waals surface area contributed by atoms with Gasteiger partial charge in [0, 0.05) is 6.20 Å². The second kappa shape index (κ2) is 10.4. The van der Waals surface area contributed by atoms with E-state index in [1.807, 2.05) is 0 Å². The van der Waals surface area contributed by atoms with Crippen LogP contribution in [0.4, 0.5) is 5.69 Å². The lowest BCUT2D eigenvalue weighted by atomic mass is 9.96. The van der Waals surface area contributed by atoms with Crippen LogP contribution in [0.1, 0.15) is 35.8 Å². The first-order valence-electron chi connectivity index (χ1n) is 10.9. The van der Waals surface area contributed by atoms with Gasteiger partial charge in [-0.05, 0) is 49.7 Å². The lowest BCUT2D eigenvalue weighted by Gasteiger charge is -2.24. The number of carboxylic acid groups (broad SMARTS) is 1. The van der Waals surface area contributed by atoms with Gasteiger partial charge in [0.1, 0.15) is 10.3 Å². The van der Waals surface area contributed by atoms with Crippen molar-refractivity contribution in [2.45, 2.75) is 19.9 Å². The Morgan fingerprint density at radius 1 is 1.25 bits per heavy atom. The van der Waals surface area contributed by atoms with Gasteiger partial charge in [0.25, 0.3) is 5.56 Å². The molecule has 0 spiro atoms. The van der Waals surface area contributed by atoms with Crippen LogP contribution >= 0.6 is 22.9 Å². The molecule has 9 nitrogen and oxygen atoms in total. The van der Waals surface area contributed by atoms with Crippen molar-refractivity contribution in [3.05, 3.63) is 89.6 Å². The number of ether oxygens (including phenoxy) is 2. The van der Waals surface area contributed by atoms with E-state index in [2.05, 4.69) is 10.3 Å². The summed E-state index contributed by atoms with van der Waals surface area (Å²) in [5.41, 5.74) is 1.40. The van der Waals surface area contributed by atoms with Crippen molar-refractivity contribution >= 4 is 46.8 Å². The zero-order valence-corrected chi connectivity index (χ0v) is 21.1. The number of aromatic nitrogens is 1. The van der Waals surface area contributed by atoms with Crippen LogP contribution in [0.5, 0.6) is 5.75 Å². The minimum Gasteiger partial charge on any atom is -0.497 e. The molecule has 2 aromatic carbocycles. The Morgan fingerprint density at radius 3 is 2.61 bits per heavy atom. The predicted octanol–water partition coefficient (Wildman–Crippen LogP) is 3.18. The van der Waals surface area contributed by atoms with Crippen LogP contribution < -0.4 is 24.9 Å². The molecule has 1 aliphatic rings. The van der Waals surface area contributed by atoms with E-state index in [0.29, 0.717) is 37.1 Å². The minimum absolute atomic E-state index is 0.0472. The van der Waals surface area contributed by atoms with E-state index in [9.17, 15) is 19.5 Å². The van der Waals surface area contributed by atoms with Gasteiger partial charge in [0.15, 0.2) is 4.80 Å². The Hall–Kier alpha value is -3.89. The normalized spacial score (nSPS) is 15.2. The Labute approximate surface area is 214 Å². The third kappa shape index (κ3) is 4.77. The van der Waals surface area contributed by atoms with Crippen LogP contribution in [-0.2, 0) is 9.53 Å². The zero-order valence-electron chi connectivity index (χ0n) is 19.6. The van der Waals surface area contributed by atoms with Gasteiger partial charge in [-0.1, -0.05) is 35.1 Å². The quantitative estimate of drug-likeness (QED) is 0.453. The topological polar surface area (TPSA) is 119 Å². The summed E-state index contributed by atoms with van der Waals surface area (Å²) in [4.78, 5) is 42.7. The summed E-state index contributed by atoms with van der Waals surface area (Å²) in [6, 6.07) is 10.5. The molecule has 1 atom stereocenters. The maximum atomic E-state index is 13.6. The van der Waals surface area contributed by atoms with Crippen molar-refractivity contribution in [1.29, 1.82) is 0 Å². The number of esters is 1. The van der Waals surface area contributed by atoms with Crippen LogP contribution in [0, 0.1) is 0 Å². The highest BCUT2D eigenvalue weighted by Gasteiger charge is 2.33. The Morgan fingerprint density at radius 2 is 1.97 bits per heavy atom. The van der Waals surface area contributed by atoms with Gasteiger partial charge < -0.3 is 19.9 Å². The molecule has 3 aromatic rings. The fraction of sp³-hybridized carbons (Fsp3) is 0.200. The van der Waals surface area contributed by atoms with Crippen LogP contribution in [0.2, 0.25) is 5.02 Å². The molecule has 36 heavy (non-hydrogen) atoms. The van der Waals surface area contributed by atoms with E-state index in [4.69, 9.17) is 21.1 Å². The molecule has 0 radical (unpaired) electrons. The summed E-state index contributed by atoms with van der Waals surface area (Å²) < 4.78 is 12.3. The van der Waals surface area contributed by atoms with Crippen molar-refractivity contribution in [3.63, 3.8) is 0 Å². The smallest absolute Gasteiger partial charge is 0.338 e. The fourth-order valence-corrected chi connectivity index (χ4v) is 4.95. The number of methoxy groups -OCH3 is 1. The van der Waals surface area contributed by atoms with Gasteiger partial charge in [-0.25, -0.2) is 14.6 Å². The van der Waals surface area contributed by atoms with E-state index >= 15 is 0 Å². The van der Waals surface area contributed by atoms with Crippen molar-refractivity contribution in [2.24, 2.45) is 4.99 Å². The minimum atomic E-state index is -1.10. The Kier molecular flexibility index (Phi) is 7.27. The average molecular weight is 528 g/mol. The molecule has 1 aromatic heterocycles. The number of carbonyl (C=O) groups excluding carboxylic acids is 1. The van der Waals surface area contributed by atoms with Crippen molar-refractivity contribution in [2.75, 3.05) is 19.0 Å².